The van der Waals surface area contributed by atoms with E-state index in [0.29, 0.717) is 6.42 Å². The van der Waals surface area contributed by atoms with Gasteiger partial charge in [0.1, 0.15) is 49.1 Å². The van der Waals surface area contributed by atoms with Crippen LogP contribution in [0.1, 0.15) is 143 Å². The van der Waals surface area contributed by atoms with Crippen LogP contribution >= 0.6 is 0 Å². The van der Waals surface area contributed by atoms with Crippen molar-refractivity contribution >= 4 is 35.6 Å². The number of esters is 1. The van der Waals surface area contributed by atoms with Crippen molar-refractivity contribution in [1.29, 1.82) is 0 Å². The maximum absolute atomic E-state index is 12.9. The Morgan fingerprint density at radius 3 is 1.79 bits per heavy atom. The van der Waals surface area contributed by atoms with Crippen LogP contribution in [0.4, 0.5) is 0 Å². The van der Waals surface area contributed by atoms with Crippen LogP contribution in [0.15, 0.2) is 0 Å². The number of rotatable bonds is 29. The third kappa shape index (κ3) is 20.6. The van der Waals surface area contributed by atoms with Crippen molar-refractivity contribution in [3.8, 4) is 0 Å². The summed E-state index contributed by atoms with van der Waals surface area (Å²) in [5.74, 6) is -4.85. The van der Waals surface area contributed by atoms with E-state index in [4.69, 9.17) is 25.1 Å². The zero-order valence-electron chi connectivity index (χ0n) is 32.1. The first-order chi connectivity index (χ1) is 25.2. The summed E-state index contributed by atoms with van der Waals surface area (Å²) in [6.45, 7) is 5.62. The van der Waals surface area contributed by atoms with E-state index in [1.54, 1.807) is 0 Å². The number of amides is 4. The zero-order chi connectivity index (χ0) is 39.8. The monoisotopic (exact) mass is 758 g/mol. The van der Waals surface area contributed by atoms with Gasteiger partial charge in [-0.05, 0) is 26.7 Å². The number of ether oxygens (including phenoxy) is 3. The smallest absolute Gasteiger partial charge is 0.305 e. The molecule has 8 N–H and O–H groups in total. The molecular formula is C37H66N4O12. The molecule has 306 valence electrons. The molecule has 1 fully saturated rings. The Morgan fingerprint density at radius 1 is 0.774 bits per heavy atom. The van der Waals surface area contributed by atoms with Gasteiger partial charge in [-0.25, -0.2) is 0 Å². The van der Waals surface area contributed by atoms with Crippen molar-refractivity contribution in [2.45, 2.75) is 192 Å². The maximum Gasteiger partial charge on any atom is 0.305 e. The van der Waals surface area contributed by atoms with Gasteiger partial charge in [-0.2, -0.15) is 0 Å². The second-order valence-corrected chi connectivity index (χ2v) is 14.0. The highest BCUT2D eigenvalue weighted by Crippen LogP contribution is 2.25. The van der Waals surface area contributed by atoms with Gasteiger partial charge < -0.3 is 51.2 Å². The van der Waals surface area contributed by atoms with E-state index in [9.17, 15) is 39.0 Å². The second kappa shape index (κ2) is 27.3. The Bertz CT molecular complexity index is 1130. The van der Waals surface area contributed by atoms with E-state index in [0.717, 1.165) is 19.3 Å². The molecule has 0 aliphatic carbocycles. The van der Waals surface area contributed by atoms with E-state index in [-0.39, 0.29) is 12.8 Å². The Morgan fingerprint density at radius 2 is 1.30 bits per heavy atom. The predicted molar refractivity (Wildman–Crippen MR) is 195 cm³/mol. The van der Waals surface area contributed by atoms with Gasteiger partial charge in [-0.3, -0.25) is 28.8 Å². The lowest BCUT2D eigenvalue weighted by molar-refractivity contribution is -0.267. The summed E-state index contributed by atoms with van der Waals surface area (Å²) in [6, 6.07) is -3.80. The number of aliphatic carboxylic acids is 1. The molecule has 1 aliphatic rings. The number of hydrogen-bond donors (Lipinski definition) is 7. The Labute approximate surface area is 314 Å². The molecule has 1 heterocycles. The van der Waals surface area contributed by atoms with Crippen LogP contribution in [0.3, 0.4) is 0 Å². The molecule has 16 nitrogen and oxygen atoms in total. The molecule has 1 saturated heterocycles. The van der Waals surface area contributed by atoms with Crippen LogP contribution in [0.25, 0.3) is 0 Å². The number of carboxylic acids is 1. The number of aliphatic hydroxyl groups excluding tert-OH is 2. The minimum absolute atomic E-state index is 0.181. The van der Waals surface area contributed by atoms with Gasteiger partial charge in [0.25, 0.3) is 0 Å². The Balaban J connectivity index is 2.53. The van der Waals surface area contributed by atoms with Crippen LogP contribution < -0.4 is 21.7 Å². The predicted octanol–water partition coefficient (Wildman–Crippen LogP) is 2.49. The van der Waals surface area contributed by atoms with Gasteiger partial charge in [-0.15, -0.1) is 0 Å². The summed E-state index contributed by atoms with van der Waals surface area (Å²) in [4.78, 5) is 72.3. The fraction of sp³-hybridized carbons (Fsp3) is 0.838. The molecule has 1 rings (SSSR count). The number of carbonyl (C=O) groups excluding carboxylic acids is 5. The van der Waals surface area contributed by atoms with Gasteiger partial charge >= 0.3 is 11.9 Å². The van der Waals surface area contributed by atoms with Crippen LogP contribution in [-0.2, 0) is 43.0 Å². The molecule has 0 aromatic carbocycles. The molecule has 0 aromatic rings. The lowest BCUT2D eigenvalue weighted by Crippen LogP contribution is -2.66. The summed E-state index contributed by atoms with van der Waals surface area (Å²) in [6.07, 6.45) is 10.3. The van der Waals surface area contributed by atoms with Gasteiger partial charge in [0, 0.05) is 19.8 Å². The van der Waals surface area contributed by atoms with E-state index < -0.39 is 97.4 Å². The summed E-state index contributed by atoms with van der Waals surface area (Å²) >= 11 is 0. The number of hydrogen-bond acceptors (Lipinski definition) is 11. The minimum Gasteiger partial charge on any atom is -0.481 e. The molecule has 0 aromatic heterocycles. The molecule has 0 saturated carbocycles. The third-order valence-electron chi connectivity index (χ3n) is 9.25. The van der Waals surface area contributed by atoms with Crippen LogP contribution in [-0.4, -0.2) is 106 Å². The molecule has 0 radical (unpaired) electrons. The van der Waals surface area contributed by atoms with E-state index in [1.165, 1.54) is 91.4 Å². The van der Waals surface area contributed by atoms with Gasteiger partial charge in [-0.1, -0.05) is 96.8 Å². The number of carbonyl (C=O) groups is 6. The van der Waals surface area contributed by atoms with Crippen molar-refractivity contribution < 1.29 is 58.3 Å². The fourth-order valence-electron chi connectivity index (χ4n) is 6.05. The quantitative estimate of drug-likeness (QED) is 0.0429. The number of nitrogens with one attached hydrogen (secondary N) is 3. The number of carboxylic acid groups (broad SMARTS) is 1. The molecule has 4 amide bonds. The van der Waals surface area contributed by atoms with Crippen molar-refractivity contribution in [1.82, 2.24) is 16.0 Å². The summed E-state index contributed by atoms with van der Waals surface area (Å²) in [5.41, 5.74) is 5.25. The first kappa shape index (κ1) is 47.7. The first-order valence-electron chi connectivity index (χ1n) is 19.4. The van der Waals surface area contributed by atoms with E-state index in [2.05, 4.69) is 22.9 Å². The third-order valence-corrected chi connectivity index (χ3v) is 9.25. The second-order valence-electron chi connectivity index (χ2n) is 14.0. The van der Waals surface area contributed by atoms with Crippen LogP contribution in [0.2, 0.25) is 0 Å². The van der Waals surface area contributed by atoms with Crippen molar-refractivity contribution in [2.24, 2.45) is 5.73 Å². The van der Waals surface area contributed by atoms with Crippen LogP contribution in [0, 0.1) is 0 Å². The number of aliphatic hydroxyl groups is 2. The lowest BCUT2D eigenvalue weighted by Gasteiger charge is -2.43. The van der Waals surface area contributed by atoms with Crippen molar-refractivity contribution in [3.05, 3.63) is 0 Å². The highest BCUT2D eigenvalue weighted by Gasteiger charge is 2.47. The van der Waals surface area contributed by atoms with Gasteiger partial charge in [0.15, 0.2) is 6.29 Å². The SMILES string of the molecule is CCCCCCCCCCCCCCCCCC(=O)OCC1O[C@H](O)C(NC(C)=O)C(O[C@@H](C)C(=O)N[C@H](C)C(=O)N[C@H](CCC(=O)O)C(N)=O)[C@@H]1O. The van der Waals surface area contributed by atoms with Crippen LogP contribution in [0.5, 0.6) is 0 Å². The average Bonchev–Trinajstić information content (AvgIpc) is 3.09. The highest BCUT2D eigenvalue weighted by molar-refractivity contribution is 5.92. The Hall–Kier alpha value is -3.34. The first-order valence-corrected chi connectivity index (χ1v) is 19.4. The molecule has 8 atom stereocenters. The minimum atomic E-state index is -1.69. The van der Waals surface area contributed by atoms with Gasteiger partial charge in [0.2, 0.25) is 23.6 Å². The number of primary amides is 1. The highest BCUT2D eigenvalue weighted by atomic mass is 16.6. The van der Waals surface area contributed by atoms with E-state index >= 15 is 0 Å². The average molecular weight is 759 g/mol. The molecular weight excluding hydrogens is 692 g/mol. The van der Waals surface area contributed by atoms with Crippen molar-refractivity contribution in [2.75, 3.05) is 6.61 Å². The van der Waals surface area contributed by atoms with Crippen molar-refractivity contribution in [3.63, 3.8) is 0 Å². The van der Waals surface area contributed by atoms with Gasteiger partial charge in [0.05, 0.1) is 0 Å². The summed E-state index contributed by atoms with van der Waals surface area (Å²) in [5, 5.41) is 37.8. The molecule has 53 heavy (non-hydrogen) atoms. The fourth-order valence-corrected chi connectivity index (χ4v) is 6.05. The molecule has 0 bridgehead atoms. The number of nitrogens with two attached hydrogens (primary N) is 1. The molecule has 16 heteroatoms. The summed E-state index contributed by atoms with van der Waals surface area (Å²) in [7, 11) is 0. The summed E-state index contributed by atoms with van der Waals surface area (Å²) < 4.78 is 16.6. The molecule has 3 unspecified atom stereocenters. The largest absolute Gasteiger partial charge is 0.481 e. The number of unbranched alkanes of at least 4 members (excludes halogenated alkanes) is 14. The maximum atomic E-state index is 12.9. The Kier molecular flexibility index (Phi) is 24.5. The normalized spacial score (nSPS) is 21.5. The zero-order valence-corrected chi connectivity index (χ0v) is 32.1. The standard InChI is InChI=1S/C37H66N4O12/c1-5-6-7-8-9-10-11-12-13-14-15-16-17-18-19-20-30(45)51-23-28-32(46)33(31(37(50)53-28)40-26(4)42)52-25(3)36(49)39-24(2)35(48)41-27(34(38)47)21-22-29(43)44/h24-25,27-28,31-33,37,46,50H,5-23H2,1-4H3,(H2,38,47)(H,39,49)(H,40,42)(H,41,48)(H,43,44)/t24-,25+,27-,28?,31?,32-,33?,37+/m1/s1. The lowest BCUT2D eigenvalue weighted by atomic mass is 9.96. The molecule has 0 spiro atoms. The van der Waals surface area contributed by atoms with E-state index in [1.807, 2.05) is 0 Å². The topological polar surface area (TPSA) is 253 Å². The molecule has 1 aliphatic heterocycles.